The van der Waals surface area contributed by atoms with Gasteiger partial charge in [-0.15, -0.1) is 0 Å². The molecule has 1 aliphatic heterocycles. The van der Waals surface area contributed by atoms with Crippen LogP contribution in [0.4, 0.5) is 0 Å². The minimum Gasteiger partial charge on any atom is -0.495 e. The van der Waals surface area contributed by atoms with Crippen molar-refractivity contribution < 1.29 is 9.53 Å². The highest BCUT2D eigenvalue weighted by Crippen LogP contribution is 2.24. The van der Waals surface area contributed by atoms with Crippen molar-refractivity contribution in [1.29, 1.82) is 0 Å². The molecule has 1 aromatic carbocycles. The third-order valence-corrected chi connectivity index (χ3v) is 6.16. The summed E-state index contributed by atoms with van der Waals surface area (Å²) in [5.74, 6) is 0.248. The van der Waals surface area contributed by atoms with Gasteiger partial charge in [-0.05, 0) is 63.8 Å². The summed E-state index contributed by atoms with van der Waals surface area (Å²) in [6, 6.07) is 8.97. The first kappa shape index (κ1) is 21.8. The van der Waals surface area contributed by atoms with Crippen LogP contribution in [0.25, 0.3) is 16.7 Å². The fourth-order valence-electron chi connectivity index (χ4n) is 4.54. The van der Waals surface area contributed by atoms with E-state index in [0.717, 1.165) is 23.8 Å². The molecule has 3 aromatic rings. The molecule has 0 spiro atoms. The number of benzene rings is 1. The fraction of sp³-hybridized carbons (Fsp3) is 0.417. The van der Waals surface area contributed by atoms with Gasteiger partial charge in [0.05, 0.1) is 18.2 Å². The van der Waals surface area contributed by atoms with Crippen molar-refractivity contribution in [2.75, 3.05) is 13.7 Å². The Morgan fingerprint density at radius 3 is 2.66 bits per heavy atom. The number of aromatic nitrogens is 3. The number of nitrogens with zero attached hydrogens (tertiary/aromatic N) is 4. The fourth-order valence-corrected chi connectivity index (χ4v) is 4.54. The van der Waals surface area contributed by atoms with Crippen LogP contribution in [-0.4, -0.2) is 44.6 Å². The van der Waals surface area contributed by atoms with Crippen LogP contribution in [0, 0.1) is 13.8 Å². The van der Waals surface area contributed by atoms with Gasteiger partial charge in [0.2, 0.25) is 5.91 Å². The SMILES string of the molecule is COc1ccccc1-n1c(=O)n(CC(=O)N2CCCCC2C)c(=O)c2c(C)cc(C)nc21. The smallest absolute Gasteiger partial charge is 0.337 e. The molecule has 4 rings (SSSR count). The van der Waals surface area contributed by atoms with Crippen molar-refractivity contribution in [3.63, 3.8) is 0 Å². The number of carbonyl (C=O) groups excluding carboxylic acids is 1. The van der Waals surface area contributed by atoms with Crippen LogP contribution in [0.15, 0.2) is 39.9 Å². The van der Waals surface area contributed by atoms with E-state index in [4.69, 9.17) is 4.74 Å². The minimum atomic E-state index is -0.609. The number of carbonyl (C=O) groups is 1. The molecule has 1 aliphatic rings. The van der Waals surface area contributed by atoms with Crippen molar-refractivity contribution >= 4 is 16.9 Å². The average molecular weight is 437 g/mol. The van der Waals surface area contributed by atoms with Gasteiger partial charge in [-0.25, -0.2) is 18.9 Å². The number of hydrogen-bond donors (Lipinski definition) is 0. The lowest BCUT2D eigenvalue weighted by Gasteiger charge is -2.33. The molecule has 1 atom stereocenters. The molecule has 8 heteroatoms. The number of para-hydroxylation sites is 2. The summed E-state index contributed by atoms with van der Waals surface area (Å²) in [6.07, 6.45) is 2.92. The van der Waals surface area contributed by atoms with Crippen LogP contribution in [0.3, 0.4) is 0 Å². The quantitative estimate of drug-likeness (QED) is 0.627. The van der Waals surface area contributed by atoms with Crippen LogP contribution in [-0.2, 0) is 11.3 Å². The molecule has 1 saturated heterocycles. The lowest BCUT2D eigenvalue weighted by molar-refractivity contribution is -0.135. The van der Waals surface area contributed by atoms with Gasteiger partial charge < -0.3 is 9.64 Å². The second-order valence-electron chi connectivity index (χ2n) is 8.39. The van der Waals surface area contributed by atoms with Gasteiger partial charge in [0.15, 0.2) is 5.65 Å². The zero-order valence-corrected chi connectivity index (χ0v) is 18.9. The van der Waals surface area contributed by atoms with Crippen LogP contribution in [0.5, 0.6) is 5.75 Å². The van der Waals surface area contributed by atoms with Gasteiger partial charge >= 0.3 is 5.69 Å². The molecular formula is C24H28N4O4. The Morgan fingerprint density at radius 1 is 1.19 bits per heavy atom. The lowest BCUT2D eigenvalue weighted by Crippen LogP contribution is -2.48. The Labute approximate surface area is 186 Å². The molecule has 0 saturated carbocycles. The average Bonchev–Trinajstić information content (AvgIpc) is 2.76. The first-order chi connectivity index (χ1) is 15.3. The van der Waals surface area contributed by atoms with E-state index < -0.39 is 11.2 Å². The summed E-state index contributed by atoms with van der Waals surface area (Å²) >= 11 is 0. The summed E-state index contributed by atoms with van der Waals surface area (Å²) in [7, 11) is 1.52. The molecule has 0 N–H and O–H groups in total. The van der Waals surface area contributed by atoms with E-state index >= 15 is 0 Å². The Hall–Kier alpha value is -3.42. The van der Waals surface area contributed by atoms with Gasteiger partial charge in [0.25, 0.3) is 5.56 Å². The number of pyridine rings is 1. The largest absolute Gasteiger partial charge is 0.495 e. The third kappa shape index (κ3) is 3.70. The number of likely N-dealkylation sites (tertiary alicyclic amines) is 1. The Bertz CT molecular complexity index is 1310. The highest BCUT2D eigenvalue weighted by atomic mass is 16.5. The predicted octanol–water partition coefficient (Wildman–Crippen LogP) is 2.57. The number of methoxy groups -OCH3 is 1. The highest BCUT2D eigenvalue weighted by Gasteiger charge is 2.26. The van der Waals surface area contributed by atoms with Crippen molar-refractivity contribution in [2.45, 2.75) is 52.6 Å². The molecule has 32 heavy (non-hydrogen) atoms. The van der Waals surface area contributed by atoms with E-state index in [1.54, 1.807) is 35.2 Å². The van der Waals surface area contributed by atoms with E-state index in [1.807, 2.05) is 20.8 Å². The molecule has 3 heterocycles. The number of ether oxygens (including phenoxy) is 1. The second kappa shape index (κ2) is 8.61. The van der Waals surface area contributed by atoms with Crippen molar-refractivity contribution in [1.82, 2.24) is 19.0 Å². The maximum Gasteiger partial charge on any atom is 0.337 e. The first-order valence-corrected chi connectivity index (χ1v) is 10.9. The standard InChI is InChI=1S/C24H28N4O4/c1-15-13-16(2)25-22-21(15)23(30)27(14-20(29)26-12-8-7-9-17(26)3)24(31)28(22)18-10-5-6-11-19(18)32-4/h5-6,10-11,13,17H,7-9,12,14H2,1-4H3. The van der Waals surface area contributed by atoms with Crippen LogP contribution in [0.1, 0.15) is 37.4 Å². The van der Waals surface area contributed by atoms with Gasteiger partial charge in [0.1, 0.15) is 12.3 Å². The van der Waals surface area contributed by atoms with E-state index in [1.165, 1.54) is 11.7 Å². The van der Waals surface area contributed by atoms with Crippen molar-refractivity contribution in [3.05, 3.63) is 62.4 Å². The Kier molecular flexibility index (Phi) is 5.86. The summed E-state index contributed by atoms with van der Waals surface area (Å²) in [4.78, 5) is 46.5. The summed E-state index contributed by atoms with van der Waals surface area (Å²) in [5, 5.41) is 0.320. The zero-order valence-electron chi connectivity index (χ0n) is 18.9. The first-order valence-electron chi connectivity index (χ1n) is 10.9. The van der Waals surface area contributed by atoms with Gasteiger partial charge in [0, 0.05) is 18.3 Å². The molecular weight excluding hydrogens is 408 g/mol. The molecule has 1 unspecified atom stereocenters. The number of rotatable bonds is 4. The molecule has 0 aliphatic carbocycles. The molecule has 1 amide bonds. The maximum atomic E-state index is 13.7. The van der Waals surface area contributed by atoms with Gasteiger partial charge in [-0.3, -0.25) is 9.59 Å². The van der Waals surface area contributed by atoms with E-state index in [-0.39, 0.29) is 24.1 Å². The van der Waals surface area contributed by atoms with E-state index in [2.05, 4.69) is 4.98 Å². The molecule has 0 radical (unpaired) electrons. The number of fused-ring (bicyclic) bond motifs is 1. The number of piperidine rings is 1. The summed E-state index contributed by atoms with van der Waals surface area (Å²) in [6.45, 7) is 5.97. The third-order valence-electron chi connectivity index (χ3n) is 6.16. The second-order valence-corrected chi connectivity index (χ2v) is 8.39. The van der Waals surface area contributed by atoms with Gasteiger partial charge in [-0.2, -0.15) is 0 Å². The Morgan fingerprint density at radius 2 is 1.94 bits per heavy atom. The summed E-state index contributed by atoms with van der Waals surface area (Å²) < 4.78 is 7.88. The lowest BCUT2D eigenvalue weighted by atomic mass is 10.0. The number of aryl methyl sites for hydroxylation is 2. The van der Waals surface area contributed by atoms with E-state index in [0.29, 0.717) is 34.6 Å². The van der Waals surface area contributed by atoms with Crippen molar-refractivity contribution in [2.24, 2.45) is 0 Å². The zero-order chi connectivity index (χ0) is 23.0. The molecule has 1 fully saturated rings. The number of hydrogen-bond acceptors (Lipinski definition) is 5. The monoisotopic (exact) mass is 436 g/mol. The van der Waals surface area contributed by atoms with Crippen molar-refractivity contribution in [3.8, 4) is 11.4 Å². The molecule has 0 bridgehead atoms. The van der Waals surface area contributed by atoms with Crippen LogP contribution >= 0.6 is 0 Å². The number of amides is 1. The highest BCUT2D eigenvalue weighted by molar-refractivity contribution is 5.81. The normalized spacial score (nSPS) is 16.4. The molecule has 8 nitrogen and oxygen atoms in total. The van der Waals surface area contributed by atoms with Gasteiger partial charge in [-0.1, -0.05) is 12.1 Å². The Balaban J connectivity index is 1.98. The minimum absolute atomic E-state index is 0.0925. The molecule has 168 valence electrons. The van der Waals surface area contributed by atoms with Crippen LogP contribution < -0.4 is 16.0 Å². The topological polar surface area (TPSA) is 86.4 Å². The van der Waals surface area contributed by atoms with E-state index in [9.17, 15) is 14.4 Å². The molecule has 2 aromatic heterocycles. The predicted molar refractivity (Wildman–Crippen MR) is 123 cm³/mol. The maximum absolute atomic E-state index is 13.7. The van der Waals surface area contributed by atoms with Crippen LogP contribution in [0.2, 0.25) is 0 Å². The summed E-state index contributed by atoms with van der Waals surface area (Å²) in [5.41, 5.74) is 1.01.